The van der Waals surface area contributed by atoms with Gasteiger partial charge in [-0.25, -0.2) is 4.79 Å². The quantitative estimate of drug-likeness (QED) is 0.617. The van der Waals surface area contributed by atoms with Gasteiger partial charge in [0.2, 0.25) is 5.91 Å². The lowest BCUT2D eigenvalue weighted by atomic mass is 10.0. The molecular formula is C21H23NO5. The SMILES string of the molecule is COc1ccc2c(C)c(CCC(=O)N(C)C(C)c3ccco3)c(=O)oc2c1. The number of carbonyl (C=O) groups is 1. The molecule has 0 aliphatic heterocycles. The molecule has 3 aromatic rings. The summed E-state index contributed by atoms with van der Waals surface area (Å²) in [5.74, 6) is 1.29. The van der Waals surface area contributed by atoms with Gasteiger partial charge >= 0.3 is 5.63 Å². The number of aryl methyl sites for hydroxylation is 1. The van der Waals surface area contributed by atoms with Crippen LogP contribution in [0.25, 0.3) is 11.0 Å². The highest BCUT2D eigenvalue weighted by atomic mass is 16.5. The number of nitrogens with zero attached hydrogens (tertiary/aromatic N) is 1. The summed E-state index contributed by atoms with van der Waals surface area (Å²) in [6.07, 6.45) is 2.13. The van der Waals surface area contributed by atoms with E-state index in [0.29, 0.717) is 23.3 Å². The summed E-state index contributed by atoms with van der Waals surface area (Å²) < 4.78 is 16.0. The molecule has 0 fully saturated rings. The first kappa shape index (κ1) is 18.8. The van der Waals surface area contributed by atoms with Gasteiger partial charge in [-0.15, -0.1) is 0 Å². The van der Waals surface area contributed by atoms with Crippen LogP contribution in [0.1, 0.15) is 36.3 Å². The highest BCUT2D eigenvalue weighted by molar-refractivity contribution is 5.82. The van der Waals surface area contributed by atoms with E-state index in [9.17, 15) is 9.59 Å². The Kier molecular flexibility index (Phi) is 5.35. The van der Waals surface area contributed by atoms with Crippen molar-refractivity contribution in [3.8, 4) is 5.75 Å². The maximum absolute atomic E-state index is 12.6. The van der Waals surface area contributed by atoms with Gasteiger partial charge in [-0.3, -0.25) is 4.79 Å². The Morgan fingerprint density at radius 1 is 1.30 bits per heavy atom. The molecule has 0 aliphatic rings. The normalized spacial score (nSPS) is 12.1. The van der Waals surface area contributed by atoms with Crippen molar-refractivity contribution < 1.29 is 18.4 Å². The molecule has 142 valence electrons. The van der Waals surface area contributed by atoms with E-state index in [4.69, 9.17) is 13.6 Å². The highest BCUT2D eigenvalue weighted by Gasteiger charge is 2.20. The summed E-state index contributed by atoms with van der Waals surface area (Å²) in [5.41, 5.74) is 1.43. The summed E-state index contributed by atoms with van der Waals surface area (Å²) in [7, 11) is 3.30. The average Bonchev–Trinajstić information content (AvgIpc) is 3.20. The maximum Gasteiger partial charge on any atom is 0.339 e. The predicted molar refractivity (Wildman–Crippen MR) is 102 cm³/mol. The summed E-state index contributed by atoms with van der Waals surface area (Å²) >= 11 is 0. The number of amides is 1. The Hall–Kier alpha value is -3.02. The Morgan fingerprint density at radius 2 is 2.07 bits per heavy atom. The van der Waals surface area contributed by atoms with Crippen molar-refractivity contribution in [3.05, 3.63) is 63.9 Å². The first-order valence-corrected chi connectivity index (χ1v) is 8.81. The van der Waals surface area contributed by atoms with Gasteiger partial charge in [-0.1, -0.05) is 0 Å². The number of hydrogen-bond donors (Lipinski definition) is 0. The summed E-state index contributed by atoms with van der Waals surface area (Å²) in [6, 6.07) is 8.84. The molecule has 1 aromatic carbocycles. The zero-order valence-electron chi connectivity index (χ0n) is 15.9. The van der Waals surface area contributed by atoms with Gasteiger partial charge < -0.3 is 18.5 Å². The summed E-state index contributed by atoms with van der Waals surface area (Å²) in [6.45, 7) is 3.78. The number of ether oxygens (including phenoxy) is 1. The van der Waals surface area contributed by atoms with Gasteiger partial charge in [-0.05, 0) is 50.1 Å². The minimum absolute atomic E-state index is 0.0625. The Bertz CT molecular complexity index is 1000. The van der Waals surface area contributed by atoms with E-state index in [1.165, 1.54) is 0 Å². The minimum atomic E-state index is -0.414. The van der Waals surface area contributed by atoms with Crippen LogP contribution in [-0.2, 0) is 11.2 Å². The minimum Gasteiger partial charge on any atom is -0.497 e. The fraction of sp³-hybridized carbons (Fsp3) is 0.333. The zero-order chi connectivity index (χ0) is 19.6. The number of methoxy groups -OCH3 is 1. The third-order valence-electron chi connectivity index (χ3n) is 5.01. The van der Waals surface area contributed by atoms with Crippen LogP contribution in [0, 0.1) is 6.92 Å². The molecule has 6 nitrogen and oxygen atoms in total. The van der Waals surface area contributed by atoms with Crippen molar-refractivity contribution in [2.75, 3.05) is 14.2 Å². The molecule has 0 N–H and O–H groups in total. The predicted octanol–water partition coefficient (Wildman–Crippen LogP) is 3.86. The monoisotopic (exact) mass is 369 g/mol. The van der Waals surface area contributed by atoms with E-state index in [1.54, 1.807) is 37.5 Å². The number of rotatable bonds is 6. The molecule has 27 heavy (non-hydrogen) atoms. The van der Waals surface area contributed by atoms with E-state index < -0.39 is 5.63 Å². The van der Waals surface area contributed by atoms with E-state index in [1.807, 2.05) is 32.0 Å². The number of carbonyl (C=O) groups excluding carboxylic acids is 1. The first-order chi connectivity index (χ1) is 12.9. The van der Waals surface area contributed by atoms with Crippen LogP contribution < -0.4 is 10.4 Å². The van der Waals surface area contributed by atoms with E-state index in [0.717, 1.165) is 16.7 Å². The van der Waals surface area contributed by atoms with Crippen LogP contribution in [0.2, 0.25) is 0 Å². The zero-order valence-corrected chi connectivity index (χ0v) is 15.9. The second kappa shape index (κ2) is 7.70. The van der Waals surface area contributed by atoms with Crippen LogP contribution in [-0.4, -0.2) is 25.0 Å². The molecule has 3 rings (SSSR count). The maximum atomic E-state index is 12.6. The topological polar surface area (TPSA) is 72.9 Å². The summed E-state index contributed by atoms with van der Waals surface area (Å²) in [5, 5.41) is 0.843. The van der Waals surface area contributed by atoms with Gasteiger partial charge in [-0.2, -0.15) is 0 Å². The third kappa shape index (κ3) is 3.74. The standard InChI is InChI=1S/C21H23NO5/c1-13-16-8-7-15(25-4)12-19(16)27-21(24)17(13)9-10-20(23)22(3)14(2)18-6-5-11-26-18/h5-8,11-12,14H,9-10H2,1-4H3. The molecule has 1 unspecified atom stereocenters. The lowest BCUT2D eigenvalue weighted by Gasteiger charge is -2.23. The third-order valence-corrected chi connectivity index (χ3v) is 5.01. The van der Waals surface area contributed by atoms with Gasteiger partial charge in [0, 0.05) is 30.5 Å². The molecule has 1 atom stereocenters. The van der Waals surface area contributed by atoms with Crippen molar-refractivity contribution in [2.24, 2.45) is 0 Å². The van der Waals surface area contributed by atoms with Gasteiger partial charge in [0.25, 0.3) is 0 Å². The molecule has 2 heterocycles. The largest absolute Gasteiger partial charge is 0.497 e. The molecule has 2 aromatic heterocycles. The fourth-order valence-corrected chi connectivity index (χ4v) is 3.13. The number of hydrogen-bond acceptors (Lipinski definition) is 5. The Balaban J connectivity index is 1.78. The second-order valence-corrected chi connectivity index (χ2v) is 6.55. The molecule has 0 saturated heterocycles. The molecule has 6 heteroatoms. The van der Waals surface area contributed by atoms with Gasteiger partial charge in [0.15, 0.2) is 0 Å². The number of furan rings is 1. The number of benzene rings is 1. The van der Waals surface area contributed by atoms with E-state index >= 15 is 0 Å². The van der Waals surface area contributed by atoms with Crippen molar-refractivity contribution in [3.63, 3.8) is 0 Å². The van der Waals surface area contributed by atoms with Gasteiger partial charge in [0.05, 0.1) is 19.4 Å². The van der Waals surface area contributed by atoms with Crippen LogP contribution in [0.5, 0.6) is 5.75 Å². The second-order valence-electron chi connectivity index (χ2n) is 6.55. The molecule has 0 radical (unpaired) electrons. The van der Waals surface area contributed by atoms with Crippen LogP contribution in [0.4, 0.5) is 0 Å². The lowest BCUT2D eigenvalue weighted by molar-refractivity contribution is -0.132. The molecular weight excluding hydrogens is 346 g/mol. The Labute approximate surface area is 157 Å². The van der Waals surface area contributed by atoms with Gasteiger partial charge in [0.1, 0.15) is 17.1 Å². The molecule has 0 bridgehead atoms. The molecule has 0 spiro atoms. The molecule has 1 amide bonds. The molecule has 0 saturated carbocycles. The summed E-state index contributed by atoms with van der Waals surface area (Å²) in [4.78, 5) is 26.6. The van der Waals surface area contributed by atoms with Crippen molar-refractivity contribution in [1.82, 2.24) is 4.90 Å². The van der Waals surface area contributed by atoms with Crippen molar-refractivity contribution >= 4 is 16.9 Å². The molecule has 0 aliphatic carbocycles. The van der Waals surface area contributed by atoms with E-state index in [-0.39, 0.29) is 18.4 Å². The fourth-order valence-electron chi connectivity index (χ4n) is 3.13. The van der Waals surface area contributed by atoms with Crippen LogP contribution >= 0.6 is 0 Å². The Morgan fingerprint density at radius 3 is 2.74 bits per heavy atom. The smallest absolute Gasteiger partial charge is 0.339 e. The van der Waals surface area contributed by atoms with Crippen LogP contribution in [0.3, 0.4) is 0 Å². The van der Waals surface area contributed by atoms with Crippen molar-refractivity contribution in [2.45, 2.75) is 32.7 Å². The number of fused-ring (bicyclic) bond motifs is 1. The van der Waals surface area contributed by atoms with E-state index in [2.05, 4.69) is 0 Å². The first-order valence-electron chi connectivity index (χ1n) is 8.81. The van der Waals surface area contributed by atoms with Crippen LogP contribution in [0.15, 0.2) is 50.2 Å². The highest BCUT2D eigenvalue weighted by Crippen LogP contribution is 2.25. The lowest BCUT2D eigenvalue weighted by Crippen LogP contribution is -2.30. The average molecular weight is 369 g/mol. The van der Waals surface area contributed by atoms with Crippen molar-refractivity contribution in [1.29, 1.82) is 0 Å².